The van der Waals surface area contributed by atoms with Crippen LogP contribution in [0, 0.1) is 6.92 Å². The first-order chi connectivity index (χ1) is 8.90. The van der Waals surface area contributed by atoms with E-state index in [-0.39, 0.29) is 22.9 Å². The number of H-pyrrole nitrogens is 1. The molecule has 1 heterocycles. The molecule has 19 heavy (non-hydrogen) atoms. The number of aromatic nitrogens is 1. The summed E-state index contributed by atoms with van der Waals surface area (Å²) in [5.74, 6) is 0.753. The van der Waals surface area contributed by atoms with Gasteiger partial charge in [0.05, 0.1) is 4.47 Å². The average Bonchev–Trinajstić information content (AvgIpc) is 2.40. The first kappa shape index (κ1) is 16.3. The Hall–Kier alpha value is -0.750. The van der Waals surface area contributed by atoms with Gasteiger partial charge in [0.15, 0.2) is 0 Å². The summed E-state index contributed by atoms with van der Waals surface area (Å²) in [6, 6.07) is 0.111. The molecule has 1 rings (SSSR count). The third kappa shape index (κ3) is 3.86. The molecular formula is C13H19BrN2O2S. The quantitative estimate of drug-likeness (QED) is 0.891. The Labute approximate surface area is 126 Å². The Morgan fingerprint density at radius 1 is 1.58 bits per heavy atom. The van der Waals surface area contributed by atoms with Gasteiger partial charge in [-0.05, 0) is 48.2 Å². The molecule has 6 heteroatoms. The van der Waals surface area contributed by atoms with Crippen LogP contribution in [0.25, 0.3) is 0 Å². The van der Waals surface area contributed by atoms with Gasteiger partial charge in [-0.15, -0.1) is 0 Å². The van der Waals surface area contributed by atoms with Crippen LogP contribution in [0.2, 0.25) is 0 Å². The van der Waals surface area contributed by atoms with E-state index in [1.54, 1.807) is 30.6 Å². The van der Waals surface area contributed by atoms with Crippen molar-refractivity contribution in [3.63, 3.8) is 0 Å². The number of nitrogens with one attached hydrogen (secondary N) is 1. The lowest BCUT2D eigenvalue weighted by Gasteiger charge is -2.24. The van der Waals surface area contributed by atoms with E-state index in [4.69, 9.17) is 0 Å². The van der Waals surface area contributed by atoms with Crippen molar-refractivity contribution in [3.8, 4) is 0 Å². The van der Waals surface area contributed by atoms with E-state index in [9.17, 15) is 9.59 Å². The minimum Gasteiger partial charge on any atom is -0.363 e. The molecule has 4 nitrogen and oxygen atoms in total. The molecule has 0 radical (unpaired) electrons. The second-order valence-electron chi connectivity index (χ2n) is 4.52. The first-order valence-corrected chi connectivity index (χ1v) is 8.22. The number of amides is 1. The maximum absolute atomic E-state index is 12.3. The van der Waals surface area contributed by atoms with Crippen LogP contribution in [-0.4, -0.2) is 40.9 Å². The Morgan fingerprint density at radius 2 is 2.21 bits per heavy atom. The second-order valence-corrected chi connectivity index (χ2v) is 6.30. The zero-order valence-corrected chi connectivity index (χ0v) is 14.0. The van der Waals surface area contributed by atoms with Gasteiger partial charge in [0.25, 0.3) is 5.91 Å². The molecule has 106 valence electrons. The lowest BCUT2D eigenvalue weighted by Crippen LogP contribution is -2.38. The van der Waals surface area contributed by atoms with E-state index in [0.29, 0.717) is 4.47 Å². The predicted octanol–water partition coefficient (Wildman–Crippen LogP) is 2.66. The van der Waals surface area contributed by atoms with Crippen molar-refractivity contribution in [3.05, 3.63) is 32.2 Å². The lowest BCUT2D eigenvalue weighted by molar-refractivity contribution is 0.0739. The standard InChI is InChI=1S/C13H19BrN2O2S/c1-8(5-6-19-4)16(3)13(18)10-7-15-9(2)11(14)12(10)17/h7-8H,5-6H2,1-4H3,(H,15,17)/t8-/m0/s1. The number of pyridine rings is 1. The van der Waals surface area contributed by atoms with Crippen LogP contribution >= 0.6 is 27.7 Å². The average molecular weight is 347 g/mol. The molecule has 0 aliphatic heterocycles. The maximum atomic E-state index is 12.3. The SMILES string of the molecule is CSCC[C@H](C)N(C)C(=O)c1c[nH]c(C)c(Br)c1=O. The van der Waals surface area contributed by atoms with Gasteiger partial charge in [0, 0.05) is 25.0 Å². The highest BCUT2D eigenvalue weighted by Gasteiger charge is 2.21. The first-order valence-electron chi connectivity index (χ1n) is 6.04. The molecule has 1 aromatic rings. The Kier molecular flexibility index (Phi) is 6.13. The number of aromatic amines is 1. The van der Waals surface area contributed by atoms with Gasteiger partial charge in [-0.2, -0.15) is 11.8 Å². The predicted molar refractivity (Wildman–Crippen MR) is 84.1 cm³/mol. The molecule has 1 amide bonds. The number of halogens is 1. The Bertz CT molecular complexity index is 516. The number of aryl methyl sites for hydroxylation is 1. The van der Waals surface area contributed by atoms with Crippen LogP contribution in [-0.2, 0) is 0 Å². The van der Waals surface area contributed by atoms with Crippen LogP contribution in [0.3, 0.4) is 0 Å². The van der Waals surface area contributed by atoms with E-state index in [1.165, 1.54) is 6.20 Å². The molecule has 0 aliphatic carbocycles. The van der Waals surface area contributed by atoms with Gasteiger partial charge >= 0.3 is 0 Å². The molecule has 0 unspecified atom stereocenters. The Morgan fingerprint density at radius 3 is 2.79 bits per heavy atom. The van der Waals surface area contributed by atoms with Crippen LogP contribution in [0.5, 0.6) is 0 Å². The number of hydrogen-bond donors (Lipinski definition) is 1. The zero-order chi connectivity index (χ0) is 14.6. The molecule has 1 aromatic heterocycles. The highest BCUT2D eigenvalue weighted by Crippen LogP contribution is 2.12. The summed E-state index contributed by atoms with van der Waals surface area (Å²) in [6.45, 7) is 3.77. The third-order valence-electron chi connectivity index (χ3n) is 3.16. The number of nitrogens with zero attached hydrogens (tertiary/aromatic N) is 1. The number of rotatable bonds is 5. The van der Waals surface area contributed by atoms with Crippen LogP contribution in [0.4, 0.5) is 0 Å². The number of carbonyl (C=O) groups is 1. The maximum Gasteiger partial charge on any atom is 0.259 e. The van der Waals surface area contributed by atoms with E-state index in [1.807, 2.05) is 13.2 Å². The molecule has 0 fully saturated rings. The fraction of sp³-hybridized carbons (Fsp3) is 0.538. The van der Waals surface area contributed by atoms with E-state index >= 15 is 0 Å². The Balaban J connectivity index is 2.95. The second kappa shape index (κ2) is 7.14. The van der Waals surface area contributed by atoms with Crippen LogP contribution in [0.15, 0.2) is 15.5 Å². The molecule has 1 atom stereocenters. The summed E-state index contributed by atoms with van der Waals surface area (Å²) in [7, 11) is 1.74. The van der Waals surface area contributed by atoms with E-state index < -0.39 is 0 Å². The molecule has 0 spiro atoms. The number of hydrogen-bond acceptors (Lipinski definition) is 3. The van der Waals surface area contributed by atoms with Crippen molar-refractivity contribution in [2.45, 2.75) is 26.3 Å². The summed E-state index contributed by atoms with van der Waals surface area (Å²) in [5.41, 5.74) is 0.640. The van der Waals surface area contributed by atoms with Crippen molar-refractivity contribution in [1.82, 2.24) is 9.88 Å². The third-order valence-corrected chi connectivity index (χ3v) is 4.76. The van der Waals surface area contributed by atoms with Crippen molar-refractivity contribution in [2.24, 2.45) is 0 Å². The van der Waals surface area contributed by atoms with Gasteiger partial charge in [0.2, 0.25) is 5.43 Å². The van der Waals surface area contributed by atoms with Gasteiger partial charge in [-0.3, -0.25) is 9.59 Å². The molecule has 1 N–H and O–H groups in total. The minimum absolute atomic E-state index is 0.111. The summed E-state index contributed by atoms with van der Waals surface area (Å²) in [6.07, 6.45) is 4.44. The smallest absolute Gasteiger partial charge is 0.259 e. The molecule has 0 bridgehead atoms. The molecule has 0 saturated heterocycles. The molecule has 0 aliphatic rings. The minimum atomic E-state index is -0.259. The normalized spacial score (nSPS) is 12.3. The summed E-state index contributed by atoms with van der Waals surface area (Å²) in [4.78, 5) is 28.9. The highest BCUT2D eigenvalue weighted by molar-refractivity contribution is 9.10. The fourth-order valence-electron chi connectivity index (χ4n) is 1.63. The summed E-state index contributed by atoms with van der Waals surface area (Å²) in [5, 5.41) is 0. The van der Waals surface area contributed by atoms with Crippen LogP contribution in [0.1, 0.15) is 29.4 Å². The van der Waals surface area contributed by atoms with Crippen molar-refractivity contribution >= 4 is 33.6 Å². The van der Waals surface area contributed by atoms with Crippen molar-refractivity contribution < 1.29 is 4.79 Å². The largest absolute Gasteiger partial charge is 0.363 e. The van der Waals surface area contributed by atoms with Crippen LogP contribution < -0.4 is 5.43 Å². The lowest BCUT2D eigenvalue weighted by atomic mass is 10.1. The van der Waals surface area contributed by atoms with Gasteiger partial charge in [-0.1, -0.05) is 0 Å². The zero-order valence-electron chi connectivity index (χ0n) is 11.6. The van der Waals surface area contributed by atoms with Crippen molar-refractivity contribution in [2.75, 3.05) is 19.1 Å². The van der Waals surface area contributed by atoms with Gasteiger partial charge in [-0.25, -0.2) is 0 Å². The number of thioether (sulfide) groups is 1. The van der Waals surface area contributed by atoms with E-state index in [2.05, 4.69) is 20.9 Å². The van der Waals surface area contributed by atoms with Gasteiger partial charge in [0.1, 0.15) is 5.56 Å². The topological polar surface area (TPSA) is 53.2 Å². The van der Waals surface area contributed by atoms with E-state index in [0.717, 1.165) is 17.9 Å². The van der Waals surface area contributed by atoms with Crippen molar-refractivity contribution in [1.29, 1.82) is 0 Å². The molecule has 0 aromatic carbocycles. The summed E-state index contributed by atoms with van der Waals surface area (Å²) < 4.78 is 0.420. The number of carbonyl (C=O) groups excluding carboxylic acids is 1. The fourth-order valence-corrected chi connectivity index (χ4v) is 2.53. The monoisotopic (exact) mass is 346 g/mol. The highest BCUT2D eigenvalue weighted by atomic mass is 79.9. The van der Waals surface area contributed by atoms with Gasteiger partial charge < -0.3 is 9.88 Å². The summed E-state index contributed by atoms with van der Waals surface area (Å²) >= 11 is 4.96. The molecular weight excluding hydrogens is 328 g/mol. The molecule has 0 saturated carbocycles.